The number of anilines is 4. The van der Waals surface area contributed by atoms with E-state index in [0.717, 1.165) is 136 Å². The molecule has 11 aromatic carbocycles. The van der Waals surface area contributed by atoms with Crippen molar-refractivity contribution in [2.45, 2.75) is 20.8 Å². The van der Waals surface area contributed by atoms with E-state index in [1.54, 1.807) is 36.4 Å². The standard InChI is InChI=1S/C25H21NO3.C24H18ClNO3.C24H19NO3.C20H19NO3/c1-18-2-4-19(5-3-18)11-15-25(27)26-22-12-8-20(9-13-22)6-7-21-10-14-23-24(16-21)29-17-28-23;25-20-9-3-18(4-10-20)8-14-24(27)26-21-11-5-17(6-12-21)1-2-19-7-13-22-23(15-19)29-16-28-22;26-24(15-11-18-4-2-1-3-5-18)25-21-12-8-19(9-13-21)6-7-20-10-14-22-23(16-20)28-17-27-22;1-14(2)11-20(22)21-17-8-5-15(6-9-17)3-4-16-7-10-18-19(12-16)24-13-23-18/h2-16H,17H2,1H3,(H,26,27);1-15H,16H2,(H,26,27);1-16H,17H2,(H,25,26);3-12H,13H2,1-2H3,(H,21,22)/b7-6+,15-11+;2-1+,14-8+;7-6+,15-11+;4-3+. The van der Waals surface area contributed by atoms with Crippen LogP contribution in [0, 0.1) is 6.92 Å². The molecule has 0 spiro atoms. The van der Waals surface area contributed by atoms with Gasteiger partial charge in [-0.05, 0) is 209 Å². The number of fused-ring (bicyclic) bond motifs is 4. The Balaban J connectivity index is 0.000000137. The smallest absolute Gasteiger partial charge is 0.248 e. The van der Waals surface area contributed by atoms with Crippen molar-refractivity contribution in [2.75, 3.05) is 48.4 Å². The average Bonchev–Trinajstić information content (AvgIpc) is 1.68. The van der Waals surface area contributed by atoms with Gasteiger partial charge in [0.2, 0.25) is 50.8 Å². The summed E-state index contributed by atoms with van der Waals surface area (Å²) in [6, 6.07) is 79.1. The molecule has 4 aliphatic heterocycles. The van der Waals surface area contributed by atoms with Crippen LogP contribution in [0.15, 0.2) is 279 Å². The van der Waals surface area contributed by atoms with Crippen molar-refractivity contribution >= 4 is 125 Å². The van der Waals surface area contributed by atoms with E-state index in [-0.39, 0.29) is 50.8 Å². The molecule has 4 amide bonds. The monoisotopic (exact) mass is 1480 g/mol. The summed E-state index contributed by atoms with van der Waals surface area (Å²) >= 11 is 5.86. The first-order valence-electron chi connectivity index (χ1n) is 35.2. The molecule has 4 aliphatic rings. The number of amides is 4. The maximum Gasteiger partial charge on any atom is 0.248 e. The number of hydrogen-bond donors (Lipinski definition) is 4. The fraction of sp³-hybridized carbons (Fsp3) is 0.0753. The van der Waals surface area contributed by atoms with Crippen LogP contribution in [0.3, 0.4) is 0 Å². The van der Waals surface area contributed by atoms with Crippen molar-refractivity contribution in [3.8, 4) is 46.0 Å². The number of carbonyl (C=O) groups is 4. The summed E-state index contributed by atoms with van der Waals surface area (Å²) in [5.41, 5.74) is 16.4. The normalized spacial score (nSPS) is 12.5. The predicted octanol–water partition coefficient (Wildman–Crippen LogP) is 21.2. The van der Waals surface area contributed by atoms with Crippen molar-refractivity contribution < 1.29 is 57.1 Å². The largest absolute Gasteiger partial charge is 0.454 e. The summed E-state index contributed by atoms with van der Waals surface area (Å²) in [6.45, 7) is 6.92. The van der Waals surface area contributed by atoms with E-state index in [2.05, 4.69) is 21.3 Å². The number of halogens is 1. The zero-order valence-corrected chi connectivity index (χ0v) is 61.2. The van der Waals surface area contributed by atoms with Gasteiger partial charge in [0.05, 0.1) is 0 Å². The molecule has 0 radical (unpaired) electrons. The Bertz CT molecular complexity index is 5100. The van der Waals surface area contributed by atoms with Gasteiger partial charge in [-0.3, -0.25) is 19.2 Å². The summed E-state index contributed by atoms with van der Waals surface area (Å²) in [4.78, 5) is 47.9. The molecule has 0 saturated heterocycles. The predicted molar refractivity (Wildman–Crippen MR) is 442 cm³/mol. The molecule has 0 aliphatic carbocycles. The van der Waals surface area contributed by atoms with Gasteiger partial charge in [0.15, 0.2) is 46.0 Å². The number of nitrogens with one attached hydrogen (secondary N) is 4. The highest BCUT2D eigenvalue weighted by Crippen LogP contribution is 2.37. The Kier molecular flexibility index (Phi) is 26.3. The first-order valence-corrected chi connectivity index (χ1v) is 35.6. The van der Waals surface area contributed by atoms with Crippen LogP contribution < -0.4 is 59.2 Å². The van der Waals surface area contributed by atoms with Gasteiger partial charge < -0.3 is 59.2 Å². The van der Waals surface area contributed by atoms with E-state index < -0.39 is 0 Å². The molecule has 11 aromatic rings. The molecule has 16 nitrogen and oxygen atoms in total. The Morgan fingerprint density at radius 3 is 0.809 bits per heavy atom. The number of rotatable bonds is 19. The van der Waals surface area contributed by atoms with Gasteiger partial charge in [-0.25, -0.2) is 0 Å². The topological polar surface area (TPSA) is 190 Å². The van der Waals surface area contributed by atoms with E-state index in [0.29, 0.717) is 5.02 Å². The SMILES string of the molecule is CC(C)=CC(=O)Nc1ccc(/C=C/c2ccc3c(c2)OCO3)cc1.Cc1ccc(/C=C/C(=O)Nc2ccc(/C=C/c3ccc4c(c3)OCO4)cc2)cc1.O=C(/C=C/c1ccc(Cl)cc1)Nc1ccc(/C=C/c2ccc3c(c2)OCO3)cc1.O=C(/C=C/c1ccccc1)Nc1ccc(/C=C/c2ccc3c(c2)OCO3)cc1. The van der Waals surface area contributed by atoms with Crippen LogP contribution in [-0.4, -0.2) is 50.8 Å². The summed E-state index contributed by atoms with van der Waals surface area (Å²) < 4.78 is 42.8. The van der Waals surface area contributed by atoms with Crippen LogP contribution in [0.1, 0.15) is 80.6 Å². The maximum atomic E-state index is 12.1. The number of allylic oxidation sites excluding steroid dienone is 1. The number of benzene rings is 11. The summed E-state index contributed by atoms with van der Waals surface area (Å²) in [5, 5.41) is 12.1. The lowest BCUT2D eigenvalue weighted by atomic mass is 10.1. The molecule has 4 heterocycles. The molecule has 0 bridgehead atoms. The second kappa shape index (κ2) is 38.3. The molecule has 0 atom stereocenters. The molecule has 0 saturated carbocycles. The highest BCUT2D eigenvalue weighted by Gasteiger charge is 2.16. The Morgan fingerprint density at radius 2 is 0.509 bits per heavy atom. The zero-order valence-electron chi connectivity index (χ0n) is 60.4. The summed E-state index contributed by atoms with van der Waals surface area (Å²) in [5.74, 6) is 5.55. The maximum absolute atomic E-state index is 12.1. The Morgan fingerprint density at radius 1 is 0.273 bits per heavy atom. The van der Waals surface area contributed by atoms with Gasteiger partial charge >= 0.3 is 0 Å². The average molecular weight is 1480 g/mol. The molecule has 0 fully saturated rings. The minimum Gasteiger partial charge on any atom is -0.454 e. The van der Waals surface area contributed by atoms with Gasteiger partial charge in [0.1, 0.15) is 0 Å². The van der Waals surface area contributed by atoms with Gasteiger partial charge in [-0.15, -0.1) is 0 Å². The number of ether oxygens (including phenoxy) is 8. The molecule has 110 heavy (non-hydrogen) atoms. The van der Waals surface area contributed by atoms with Crippen molar-refractivity contribution in [1.29, 1.82) is 0 Å². The molecule has 15 rings (SSSR count). The second-order valence-corrected chi connectivity index (χ2v) is 25.8. The van der Waals surface area contributed by atoms with E-state index in [4.69, 9.17) is 49.5 Å². The molecule has 4 N–H and O–H groups in total. The third-order valence-electron chi connectivity index (χ3n) is 16.6. The molecular formula is C93H77ClN4O12. The van der Waals surface area contributed by atoms with Crippen LogP contribution in [0.5, 0.6) is 46.0 Å². The zero-order chi connectivity index (χ0) is 76.2. The fourth-order valence-electron chi connectivity index (χ4n) is 10.9. The third kappa shape index (κ3) is 23.7. The minimum absolute atomic E-state index is 0.112. The lowest BCUT2D eigenvalue weighted by Crippen LogP contribution is -2.08. The lowest BCUT2D eigenvalue weighted by molar-refractivity contribution is -0.112. The van der Waals surface area contributed by atoms with Crippen LogP contribution in [-0.2, 0) is 19.2 Å². The van der Waals surface area contributed by atoms with E-state index in [1.807, 2.05) is 306 Å². The first kappa shape index (κ1) is 75.6. The second-order valence-electron chi connectivity index (χ2n) is 25.3. The van der Waals surface area contributed by atoms with E-state index in [1.165, 1.54) is 23.8 Å². The van der Waals surface area contributed by atoms with Crippen LogP contribution in [0.25, 0.3) is 66.8 Å². The number of aryl methyl sites for hydroxylation is 1. The van der Waals surface area contributed by atoms with E-state index >= 15 is 0 Å². The van der Waals surface area contributed by atoms with Gasteiger partial charge in [-0.1, -0.05) is 211 Å². The van der Waals surface area contributed by atoms with Gasteiger partial charge in [-0.2, -0.15) is 0 Å². The van der Waals surface area contributed by atoms with Crippen molar-refractivity contribution in [3.63, 3.8) is 0 Å². The summed E-state index contributed by atoms with van der Waals surface area (Å²) in [7, 11) is 0. The molecular weight excluding hydrogens is 1400 g/mol. The van der Waals surface area contributed by atoms with Crippen molar-refractivity contribution in [3.05, 3.63) is 350 Å². The van der Waals surface area contributed by atoms with Crippen LogP contribution in [0.4, 0.5) is 22.7 Å². The van der Waals surface area contributed by atoms with Crippen molar-refractivity contribution in [2.24, 2.45) is 0 Å². The Hall–Kier alpha value is -14.1. The number of hydrogen-bond acceptors (Lipinski definition) is 12. The first-order chi connectivity index (χ1) is 53.7. The highest BCUT2D eigenvalue weighted by molar-refractivity contribution is 6.30. The molecule has 548 valence electrons. The van der Waals surface area contributed by atoms with Gasteiger partial charge in [0, 0.05) is 52.1 Å². The molecule has 17 heteroatoms. The molecule has 0 aromatic heterocycles. The van der Waals surface area contributed by atoms with Gasteiger partial charge in [0.25, 0.3) is 0 Å². The highest BCUT2D eigenvalue weighted by atomic mass is 35.5. The van der Waals surface area contributed by atoms with Crippen LogP contribution in [0.2, 0.25) is 5.02 Å². The lowest BCUT2D eigenvalue weighted by Gasteiger charge is -2.03. The van der Waals surface area contributed by atoms with E-state index in [9.17, 15) is 19.2 Å². The quantitative estimate of drug-likeness (QED) is 0.0443. The van der Waals surface area contributed by atoms with Crippen molar-refractivity contribution in [1.82, 2.24) is 0 Å². The molecule has 0 unspecified atom stereocenters. The fourth-order valence-corrected chi connectivity index (χ4v) is 11.0. The number of carbonyl (C=O) groups excluding carboxylic acids is 4. The van der Waals surface area contributed by atoms with Crippen LogP contribution >= 0.6 is 11.6 Å². The summed E-state index contributed by atoms with van der Waals surface area (Å²) in [6.07, 6.45) is 27.6. The Labute approximate surface area is 643 Å². The third-order valence-corrected chi connectivity index (χ3v) is 16.9. The minimum atomic E-state index is -0.191.